The third-order valence-electron chi connectivity index (χ3n) is 3.22. The molecule has 3 heterocycles. The van der Waals surface area contributed by atoms with Crippen LogP contribution in [0.1, 0.15) is 22.5 Å². The molecule has 7 nitrogen and oxygen atoms in total. The van der Waals surface area contributed by atoms with Gasteiger partial charge in [-0.05, 0) is 12.5 Å². The molecule has 104 valence electrons. The Balaban J connectivity index is 1.72. The number of rotatable bonds is 3. The minimum absolute atomic E-state index is 0.00171. The maximum Gasteiger partial charge on any atom is 0.263 e. The molecule has 0 bridgehead atoms. The molecule has 3 rings (SSSR count). The summed E-state index contributed by atoms with van der Waals surface area (Å²) in [6.45, 7) is 0.407. The zero-order valence-corrected chi connectivity index (χ0v) is 11.4. The molecule has 8 heteroatoms. The summed E-state index contributed by atoms with van der Waals surface area (Å²) in [5.74, 6) is -0.215. The summed E-state index contributed by atoms with van der Waals surface area (Å²) in [5, 5.41) is 14.0. The van der Waals surface area contributed by atoms with Crippen LogP contribution in [0.3, 0.4) is 0 Å². The van der Waals surface area contributed by atoms with Crippen LogP contribution in [0, 0.1) is 0 Å². The maximum atomic E-state index is 12.1. The molecule has 1 aliphatic rings. The number of hydrogen-bond donors (Lipinski definition) is 3. The number of nitrogen functional groups attached to an aromatic ring is 1. The van der Waals surface area contributed by atoms with E-state index < -0.39 is 0 Å². The molecule has 1 aliphatic heterocycles. The number of carbonyl (C=O) groups is 2. The van der Waals surface area contributed by atoms with Crippen molar-refractivity contribution < 1.29 is 9.59 Å². The number of hydrogen-bond acceptors (Lipinski definition) is 6. The van der Waals surface area contributed by atoms with E-state index in [0.717, 1.165) is 11.8 Å². The molecule has 2 aromatic heterocycles. The fourth-order valence-electron chi connectivity index (χ4n) is 2.17. The molecule has 1 saturated heterocycles. The smallest absolute Gasteiger partial charge is 0.263 e. The second kappa shape index (κ2) is 5.04. The fourth-order valence-corrected chi connectivity index (χ4v) is 3.12. The van der Waals surface area contributed by atoms with Gasteiger partial charge in [0.25, 0.3) is 5.91 Å². The summed E-state index contributed by atoms with van der Waals surface area (Å²) < 4.78 is 0. The van der Waals surface area contributed by atoms with Crippen molar-refractivity contribution in [2.45, 2.75) is 18.9 Å². The number of thiophene rings is 1. The Morgan fingerprint density at radius 2 is 2.45 bits per heavy atom. The van der Waals surface area contributed by atoms with Crippen molar-refractivity contribution in [3.63, 3.8) is 0 Å². The average molecular weight is 291 g/mol. The van der Waals surface area contributed by atoms with E-state index in [9.17, 15) is 9.59 Å². The molecule has 0 aromatic carbocycles. The third-order valence-corrected chi connectivity index (χ3v) is 4.32. The molecular formula is C12H13N5O2S. The van der Waals surface area contributed by atoms with Crippen LogP contribution in [0.15, 0.2) is 12.3 Å². The Hall–Kier alpha value is -2.22. The van der Waals surface area contributed by atoms with Crippen LogP contribution in [0.25, 0.3) is 10.2 Å². The number of nitrogens with one attached hydrogen (secondary N) is 2. The molecule has 0 aliphatic carbocycles. The summed E-state index contributed by atoms with van der Waals surface area (Å²) in [6, 6.07) is 1.74. The predicted molar refractivity (Wildman–Crippen MR) is 75.3 cm³/mol. The standard InChI is InChI=1S/C12H13N5O2S/c13-9-7-3-4-15-17-12(7)20-10(9)11(19)14-5-6-1-2-8(18)16-6/h3-4,6H,1-2,5,13H2,(H,14,19)(H,16,18). The Morgan fingerprint density at radius 3 is 3.15 bits per heavy atom. The van der Waals surface area contributed by atoms with Crippen LogP contribution in [0.2, 0.25) is 0 Å². The number of carbonyl (C=O) groups excluding carboxylic acids is 2. The first-order valence-corrected chi connectivity index (χ1v) is 7.04. The highest BCUT2D eigenvalue weighted by Crippen LogP contribution is 2.31. The van der Waals surface area contributed by atoms with Gasteiger partial charge in [0.1, 0.15) is 9.71 Å². The Labute approximate surface area is 118 Å². The largest absolute Gasteiger partial charge is 0.397 e. The van der Waals surface area contributed by atoms with Crippen LogP contribution in [0.5, 0.6) is 0 Å². The maximum absolute atomic E-state index is 12.1. The highest BCUT2D eigenvalue weighted by atomic mass is 32.1. The van der Waals surface area contributed by atoms with Gasteiger partial charge in [0, 0.05) is 24.4 Å². The van der Waals surface area contributed by atoms with Crippen LogP contribution in [-0.4, -0.2) is 34.6 Å². The number of fused-ring (bicyclic) bond motifs is 1. The van der Waals surface area contributed by atoms with Crippen molar-refractivity contribution in [2.75, 3.05) is 12.3 Å². The quantitative estimate of drug-likeness (QED) is 0.752. The first kappa shape index (κ1) is 12.8. The van der Waals surface area contributed by atoms with Gasteiger partial charge in [0.15, 0.2) is 0 Å². The summed E-state index contributed by atoms with van der Waals surface area (Å²) in [7, 11) is 0. The van der Waals surface area contributed by atoms with Crippen molar-refractivity contribution in [3.8, 4) is 0 Å². The summed E-state index contributed by atoms with van der Waals surface area (Å²) >= 11 is 1.22. The predicted octanol–water partition coefficient (Wildman–Crippen LogP) is 0.282. The van der Waals surface area contributed by atoms with E-state index in [2.05, 4.69) is 20.8 Å². The average Bonchev–Trinajstić information content (AvgIpc) is 3.01. The highest BCUT2D eigenvalue weighted by Gasteiger charge is 2.22. The van der Waals surface area contributed by atoms with Gasteiger partial charge in [-0.1, -0.05) is 0 Å². The molecule has 0 spiro atoms. The molecule has 1 atom stereocenters. The zero-order chi connectivity index (χ0) is 14.1. The minimum Gasteiger partial charge on any atom is -0.397 e. The minimum atomic E-state index is -0.244. The van der Waals surface area contributed by atoms with E-state index in [-0.39, 0.29) is 17.9 Å². The van der Waals surface area contributed by atoms with E-state index in [0.29, 0.717) is 28.4 Å². The number of amides is 2. The molecule has 4 N–H and O–H groups in total. The second-order valence-corrected chi connectivity index (χ2v) is 5.61. The molecule has 2 amide bonds. The molecule has 20 heavy (non-hydrogen) atoms. The van der Waals surface area contributed by atoms with E-state index in [1.165, 1.54) is 11.3 Å². The first-order chi connectivity index (χ1) is 9.65. The summed E-state index contributed by atoms with van der Waals surface area (Å²) in [4.78, 5) is 24.3. The third kappa shape index (κ3) is 2.29. The van der Waals surface area contributed by atoms with Crippen LogP contribution < -0.4 is 16.4 Å². The molecule has 1 unspecified atom stereocenters. The molecule has 1 fully saturated rings. The highest BCUT2D eigenvalue weighted by molar-refractivity contribution is 7.21. The normalized spacial score (nSPS) is 18.2. The molecular weight excluding hydrogens is 278 g/mol. The Bertz CT molecular complexity index is 684. The van der Waals surface area contributed by atoms with Crippen molar-refractivity contribution in [1.82, 2.24) is 20.8 Å². The van der Waals surface area contributed by atoms with E-state index in [1.54, 1.807) is 12.3 Å². The van der Waals surface area contributed by atoms with Crippen molar-refractivity contribution >= 4 is 39.1 Å². The van der Waals surface area contributed by atoms with Gasteiger partial charge in [-0.15, -0.1) is 16.4 Å². The van der Waals surface area contributed by atoms with E-state index in [4.69, 9.17) is 5.73 Å². The van der Waals surface area contributed by atoms with Crippen LogP contribution in [0.4, 0.5) is 5.69 Å². The topological polar surface area (TPSA) is 110 Å². The monoisotopic (exact) mass is 291 g/mol. The fraction of sp³-hybridized carbons (Fsp3) is 0.333. The van der Waals surface area contributed by atoms with Gasteiger partial charge in [-0.3, -0.25) is 9.59 Å². The van der Waals surface area contributed by atoms with Crippen LogP contribution >= 0.6 is 11.3 Å². The number of aromatic nitrogens is 2. The van der Waals surface area contributed by atoms with Crippen LogP contribution in [-0.2, 0) is 4.79 Å². The van der Waals surface area contributed by atoms with Gasteiger partial charge < -0.3 is 16.4 Å². The Kier molecular flexibility index (Phi) is 3.23. The lowest BCUT2D eigenvalue weighted by Gasteiger charge is -2.10. The molecule has 2 aromatic rings. The number of nitrogens with zero attached hydrogens (tertiary/aromatic N) is 2. The van der Waals surface area contributed by atoms with E-state index in [1.807, 2.05) is 0 Å². The van der Waals surface area contributed by atoms with Crippen molar-refractivity contribution in [3.05, 3.63) is 17.1 Å². The van der Waals surface area contributed by atoms with Gasteiger partial charge in [0.2, 0.25) is 5.91 Å². The van der Waals surface area contributed by atoms with Gasteiger partial charge in [0.05, 0.1) is 11.9 Å². The Morgan fingerprint density at radius 1 is 1.60 bits per heavy atom. The van der Waals surface area contributed by atoms with Gasteiger partial charge in [-0.2, -0.15) is 5.10 Å². The lowest BCUT2D eigenvalue weighted by atomic mass is 10.2. The van der Waals surface area contributed by atoms with E-state index >= 15 is 0 Å². The van der Waals surface area contributed by atoms with Crippen molar-refractivity contribution in [2.24, 2.45) is 0 Å². The van der Waals surface area contributed by atoms with Crippen molar-refractivity contribution in [1.29, 1.82) is 0 Å². The summed E-state index contributed by atoms with van der Waals surface area (Å²) in [6.07, 6.45) is 2.80. The zero-order valence-electron chi connectivity index (χ0n) is 10.5. The summed E-state index contributed by atoms with van der Waals surface area (Å²) in [5.41, 5.74) is 6.38. The SMILES string of the molecule is Nc1c(C(=O)NCC2CCC(=O)N2)sc2nnccc12. The lowest BCUT2D eigenvalue weighted by Crippen LogP contribution is -2.38. The number of nitrogens with two attached hydrogens (primary N) is 1. The molecule has 0 radical (unpaired) electrons. The number of anilines is 1. The lowest BCUT2D eigenvalue weighted by molar-refractivity contribution is -0.119. The van der Waals surface area contributed by atoms with Gasteiger partial charge in [-0.25, -0.2) is 0 Å². The first-order valence-electron chi connectivity index (χ1n) is 6.22. The second-order valence-electron chi connectivity index (χ2n) is 4.61. The van der Waals surface area contributed by atoms with Gasteiger partial charge >= 0.3 is 0 Å². The molecule has 0 saturated carbocycles.